The van der Waals surface area contributed by atoms with Gasteiger partial charge in [0.05, 0.1) is 4.90 Å². The molecule has 45 heavy (non-hydrogen) atoms. The van der Waals surface area contributed by atoms with Crippen LogP contribution in [0.3, 0.4) is 0 Å². The Bertz CT molecular complexity index is 1740. The van der Waals surface area contributed by atoms with Crippen molar-refractivity contribution in [2.24, 2.45) is 0 Å². The first-order valence-electron chi connectivity index (χ1n) is 14.9. The molecule has 9 heteroatoms. The van der Waals surface area contributed by atoms with E-state index in [2.05, 4.69) is 10.6 Å². The Kier molecular flexibility index (Phi) is 10.3. The molecule has 2 N–H and O–H groups in total. The van der Waals surface area contributed by atoms with Gasteiger partial charge in [0.15, 0.2) is 21.3 Å². The highest BCUT2D eigenvalue weighted by Gasteiger charge is 2.25. The first kappa shape index (κ1) is 31.5. The van der Waals surface area contributed by atoms with E-state index in [1.807, 2.05) is 61.5 Å². The summed E-state index contributed by atoms with van der Waals surface area (Å²) in [4.78, 5) is 27.5. The van der Waals surface area contributed by atoms with Crippen LogP contribution in [0.5, 0.6) is 11.5 Å². The van der Waals surface area contributed by atoms with Gasteiger partial charge in [-0.3, -0.25) is 9.59 Å². The van der Waals surface area contributed by atoms with E-state index in [9.17, 15) is 18.0 Å². The van der Waals surface area contributed by atoms with E-state index >= 15 is 0 Å². The number of carbonyl (C=O) groups excluding carboxylic acids is 2. The average Bonchev–Trinajstić information content (AvgIpc) is 3.07. The molecule has 0 saturated heterocycles. The summed E-state index contributed by atoms with van der Waals surface area (Å²) in [6, 6.07) is 29.0. The van der Waals surface area contributed by atoms with Crippen molar-refractivity contribution in [1.82, 2.24) is 10.6 Å². The molecule has 2 amide bonds. The van der Waals surface area contributed by atoms with Crippen LogP contribution in [-0.2, 0) is 27.5 Å². The van der Waals surface area contributed by atoms with Gasteiger partial charge in [0.25, 0.3) is 5.91 Å². The summed E-state index contributed by atoms with van der Waals surface area (Å²) >= 11 is 0. The molecule has 2 atom stereocenters. The summed E-state index contributed by atoms with van der Waals surface area (Å²) < 4.78 is 37.3. The zero-order valence-electron chi connectivity index (χ0n) is 25.0. The zero-order chi connectivity index (χ0) is 31.6. The van der Waals surface area contributed by atoms with Crippen LogP contribution in [0.2, 0.25) is 0 Å². The molecule has 0 radical (unpaired) electrons. The molecule has 0 bridgehead atoms. The summed E-state index contributed by atoms with van der Waals surface area (Å²) in [7, 11) is -3.73. The number of nitrogens with one attached hydrogen (secondary N) is 2. The molecule has 0 unspecified atom stereocenters. The lowest BCUT2D eigenvalue weighted by atomic mass is 10.0. The van der Waals surface area contributed by atoms with Gasteiger partial charge in [-0.15, -0.1) is 0 Å². The largest absolute Gasteiger partial charge is 0.486 e. The number of sulfone groups is 1. The van der Waals surface area contributed by atoms with Crippen LogP contribution in [0.1, 0.15) is 33.5 Å². The Morgan fingerprint density at radius 3 is 2.18 bits per heavy atom. The van der Waals surface area contributed by atoms with Crippen molar-refractivity contribution in [3.05, 3.63) is 137 Å². The molecule has 0 spiro atoms. The third-order valence-corrected chi connectivity index (χ3v) is 8.91. The Balaban J connectivity index is 1.38. The second-order valence-corrected chi connectivity index (χ2v) is 12.7. The van der Waals surface area contributed by atoms with Crippen molar-refractivity contribution in [1.29, 1.82) is 0 Å². The van der Waals surface area contributed by atoms with Crippen LogP contribution < -0.4 is 20.1 Å². The second kappa shape index (κ2) is 14.7. The standard InChI is InChI=1S/C36H36N2O6S/c1-26-12-14-28(15-13-26)24-32(38-35(39)29-17-19-33-34(25-29)44-22-21-43-33)36(40)37-30(18-16-27-8-4-2-5-9-27)20-23-45(41,42)31-10-6-3-7-11-31/h2-15,17,19-20,23,25,30,32H,16,18,21-22,24H2,1H3,(H,37,40)(H,38,39)/b23-20+/t30-,32-/m0/s1. The molecule has 1 aliphatic rings. The molecule has 5 rings (SSSR count). The maximum atomic E-state index is 13.9. The summed E-state index contributed by atoms with van der Waals surface area (Å²) in [6.07, 6.45) is 2.80. The van der Waals surface area contributed by atoms with Crippen molar-refractivity contribution in [2.45, 2.75) is 43.2 Å². The van der Waals surface area contributed by atoms with Gasteiger partial charge in [-0.05, 0) is 61.2 Å². The van der Waals surface area contributed by atoms with Gasteiger partial charge in [0, 0.05) is 23.4 Å². The lowest BCUT2D eigenvalue weighted by molar-refractivity contribution is -0.123. The first-order valence-corrected chi connectivity index (χ1v) is 16.4. The molecule has 1 heterocycles. The highest BCUT2D eigenvalue weighted by Crippen LogP contribution is 2.30. The molecule has 0 aliphatic carbocycles. The summed E-state index contributed by atoms with van der Waals surface area (Å²) in [5.74, 6) is 0.160. The lowest BCUT2D eigenvalue weighted by Gasteiger charge is -2.23. The molecule has 4 aromatic carbocycles. The SMILES string of the molecule is Cc1ccc(C[C@H](NC(=O)c2ccc3c(c2)OCCO3)C(=O)N[C@H](/C=C/S(=O)(=O)c2ccccc2)CCc2ccccc2)cc1. The van der Waals surface area contributed by atoms with Crippen LogP contribution in [0.4, 0.5) is 0 Å². The summed E-state index contributed by atoms with van der Waals surface area (Å²) in [5, 5.41) is 7.03. The monoisotopic (exact) mass is 624 g/mol. The number of benzene rings is 4. The lowest BCUT2D eigenvalue weighted by Crippen LogP contribution is -2.50. The van der Waals surface area contributed by atoms with Gasteiger partial charge < -0.3 is 20.1 Å². The Morgan fingerprint density at radius 2 is 1.47 bits per heavy atom. The number of rotatable bonds is 12. The molecule has 0 fully saturated rings. The van der Waals surface area contributed by atoms with E-state index in [1.54, 1.807) is 36.4 Å². The number of amides is 2. The molecule has 0 saturated carbocycles. The maximum absolute atomic E-state index is 13.9. The van der Waals surface area contributed by atoms with E-state index in [-0.39, 0.29) is 11.3 Å². The molecular formula is C36H36N2O6S. The Morgan fingerprint density at radius 1 is 0.800 bits per heavy atom. The minimum atomic E-state index is -3.73. The second-order valence-electron chi connectivity index (χ2n) is 10.9. The van der Waals surface area contributed by atoms with E-state index < -0.39 is 33.7 Å². The molecule has 1 aliphatic heterocycles. The fourth-order valence-electron chi connectivity index (χ4n) is 4.95. The maximum Gasteiger partial charge on any atom is 0.252 e. The van der Waals surface area contributed by atoms with E-state index in [1.165, 1.54) is 18.2 Å². The van der Waals surface area contributed by atoms with Crippen LogP contribution in [0, 0.1) is 6.92 Å². The van der Waals surface area contributed by atoms with Gasteiger partial charge in [0.1, 0.15) is 19.3 Å². The van der Waals surface area contributed by atoms with Crippen molar-refractivity contribution in [3.8, 4) is 11.5 Å². The average molecular weight is 625 g/mol. The van der Waals surface area contributed by atoms with E-state index in [0.717, 1.165) is 22.1 Å². The minimum Gasteiger partial charge on any atom is -0.486 e. The smallest absolute Gasteiger partial charge is 0.252 e. The number of hydrogen-bond donors (Lipinski definition) is 2. The number of hydrogen-bond acceptors (Lipinski definition) is 6. The van der Waals surface area contributed by atoms with Crippen molar-refractivity contribution >= 4 is 21.7 Å². The van der Waals surface area contributed by atoms with Gasteiger partial charge in [0.2, 0.25) is 5.91 Å². The molecule has 232 valence electrons. The highest BCUT2D eigenvalue weighted by molar-refractivity contribution is 7.94. The van der Waals surface area contributed by atoms with Gasteiger partial charge in [-0.25, -0.2) is 8.42 Å². The van der Waals surface area contributed by atoms with Gasteiger partial charge in [-0.1, -0.05) is 84.4 Å². The topological polar surface area (TPSA) is 111 Å². The fraction of sp³-hybridized carbons (Fsp3) is 0.222. The van der Waals surface area contributed by atoms with Crippen molar-refractivity contribution in [2.75, 3.05) is 13.2 Å². The summed E-state index contributed by atoms with van der Waals surface area (Å²) in [6.45, 7) is 2.79. The van der Waals surface area contributed by atoms with Crippen molar-refractivity contribution < 1.29 is 27.5 Å². The van der Waals surface area contributed by atoms with Crippen molar-refractivity contribution in [3.63, 3.8) is 0 Å². The van der Waals surface area contributed by atoms with Crippen LogP contribution in [0.25, 0.3) is 0 Å². The third-order valence-electron chi connectivity index (χ3n) is 7.46. The predicted molar refractivity (Wildman–Crippen MR) is 173 cm³/mol. The predicted octanol–water partition coefficient (Wildman–Crippen LogP) is 5.21. The van der Waals surface area contributed by atoms with Crippen LogP contribution in [0.15, 0.2) is 120 Å². The minimum absolute atomic E-state index is 0.165. The molecule has 8 nitrogen and oxygen atoms in total. The first-order chi connectivity index (χ1) is 21.8. The molecular weight excluding hydrogens is 588 g/mol. The van der Waals surface area contributed by atoms with E-state index in [0.29, 0.717) is 43.1 Å². The number of carbonyl (C=O) groups is 2. The highest BCUT2D eigenvalue weighted by atomic mass is 32.2. The summed E-state index contributed by atoms with van der Waals surface area (Å²) in [5.41, 5.74) is 3.33. The zero-order valence-corrected chi connectivity index (χ0v) is 25.8. The Labute approximate surface area is 264 Å². The third kappa shape index (κ3) is 8.83. The van der Waals surface area contributed by atoms with Crippen LogP contribution >= 0.6 is 0 Å². The normalized spacial score (nSPS) is 14.0. The van der Waals surface area contributed by atoms with Gasteiger partial charge >= 0.3 is 0 Å². The quantitative estimate of drug-likeness (QED) is 0.224. The molecule has 4 aromatic rings. The van der Waals surface area contributed by atoms with Gasteiger partial charge in [-0.2, -0.15) is 0 Å². The number of fused-ring (bicyclic) bond motifs is 1. The van der Waals surface area contributed by atoms with Crippen LogP contribution in [-0.4, -0.2) is 45.5 Å². The number of ether oxygens (including phenoxy) is 2. The molecule has 0 aromatic heterocycles. The van der Waals surface area contributed by atoms with E-state index in [4.69, 9.17) is 9.47 Å². The fourth-order valence-corrected chi connectivity index (χ4v) is 6.04. The Hall–Kier alpha value is -4.89. The number of aryl methyl sites for hydroxylation is 2.